The second-order valence-corrected chi connectivity index (χ2v) is 11.7. The minimum atomic E-state index is -1.29. The molecular formula is C35H48N2O6S. The molecule has 1 aromatic rings. The normalized spacial score (nSPS) is 18.2. The highest BCUT2D eigenvalue weighted by Crippen LogP contribution is 2.31. The predicted octanol–water partition coefficient (Wildman–Crippen LogP) is 7.33. The number of methoxy groups -OCH3 is 1. The van der Waals surface area contributed by atoms with Crippen molar-refractivity contribution in [3.8, 4) is 5.75 Å². The first kappa shape index (κ1) is 36.6. The molecule has 1 heterocycles. The molecule has 44 heavy (non-hydrogen) atoms. The monoisotopic (exact) mass is 624 g/mol. The quantitative estimate of drug-likeness (QED) is 0.0790. The number of amides is 2. The third-order valence-electron chi connectivity index (χ3n) is 6.98. The van der Waals surface area contributed by atoms with Crippen molar-refractivity contribution in [3.63, 3.8) is 0 Å². The smallest absolute Gasteiger partial charge is 0.339 e. The first-order valence-corrected chi connectivity index (χ1v) is 16.4. The number of ether oxygens (including phenoxy) is 1. The third kappa shape index (κ3) is 13.0. The van der Waals surface area contributed by atoms with Crippen LogP contribution in [-0.4, -0.2) is 58.4 Å². The van der Waals surface area contributed by atoms with Gasteiger partial charge in [0.1, 0.15) is 17.4 Å². The lowest BCUT2D eigenvalue weighted by atomic mass is 10.1. The molecule has 3 unspecified atom stereocenters. The standard InChI is InChI=1S/C35H48N2O6S/c1-4-5-6-7-8-9-10-11-12-13-14-15-16-17-18-19-20-21-24-44-35(43-3)32(39)36-30-25-27(2)37(33(30)40)28-22-23-31(38)29(26-28)34(41)42/h5-6,8-9,11-12,14-15,17-18,22-23,26-27,30,35,38H,4,7,10,13,16,19-21,24-25H2,1-3H3,(H,36,39)(H,41,42)/b6-5-,9-8-,12-11-,15-14-,18-17-. The minimum absolute atomic E-state index is 0.261. The van der Waals surface area contributed by atoms with Crippen LogP contribution in [0.4, 0.5) is 5.69 Å². The number of nitrogens with zero attached hydrogens (tertiary/aromatic N) is 1. The van der Waals surface area contributed by atoms with Crippen molar-refractivity contribution in [1.29, 1.82) is 0 Å². The molecule has 9 heteroatoms. The molecule has 240 valence electrons. The third-order valence-corrected chi connectivity index (χ3v) is 8.21. The van der Waals surface area contributed by atoms with Gasteiger partial charge in [-0.1, -0.05) is 67.7 Å². The summed E-state index contributed by atoms with van der Waals surface area (Å²) < 4.78 is 5.39. The highest BCUT2D eigenvalue weighted by atomic mass is 32.2. The van der Waals surface area contributed by atoms with E-state index in [2.05, 4.69) is 73.0 Å². The molecule has 0 aromatic heterocycles. The van der Waals surface area contributed by atoms with E-state index in [-0.39, 0.29) is 29.2 Å². The number of aromatic carboxylic acids is 1. The van der Waals surface area contributed by atoms with E-state index in [1.165, 1.54) is 42.0 Å². The highest BCUT2D eigenvalue weighted by molar-refractivity contribution is 8.00. The molecule has 1 aliphatic heterocycles. The summed E-state index contributed by atoms with van der Waals surface area (Å²) in [6.07, 6.45) is 30.1. The molecular weight excluding hydrogens is 576 g/mol. The Morgan fingerprint density at radius 3 is 2.16 bits per heavy atom. The van der Waals surface area contributed by atoms with Crippen LogP contribution in [-0.2, 0) is 14.3 Å². The molecule has 0 saturated carbocycles. The number of aromatic hydroxyl groups is 1. The Kier molecular flexibility index (Phi) is 17.6. The second kappa shape index (κ2) is 21.2. The molecule has 0 bridgehead atoms. The number of carbonyl (C=O) groups is 3. The van der Waals surface area contributed by atoms with Gasteiger partial charge in [-0.15, -0.1) is 11.8 Å². The van der Waals surface area contributed by atoms with Crippen LogP contribution in [0.1, 0.15) is 82.0 Å². The number of thioether (sulfide) groups is 1. The van der Waals surface area contributed by atoms with Crippen molar-refractivity contribution in [2.75, 3.05) is 17.8 Å². The van der Waals surface area contributed by atoms with Crippen molar-refractivity contribution in [2.45, 2.75) is 89.2 Å². The summed E-state index contributed by atoms with van der Waals surface area (Å²) in [4.78, 5) is 38.8. The van der Waals surface area contributed by atoms with Gasteiger partial charge in [0.05, 0.1) is 0 Å². The SMILES string of the molecule is CC/C=C\C/C=C\C/C=C\C/C=C\C/C=C\CCCCSC(OC)C(=O)NC1CC(C)N(c2ccc(O)c(C(=O)O)c2)C1=O. The van der Waals surface area contributed by atoms with Crippen LogP contribution in [0.15, 0.2) is 79.0 Å². The summed E-state index contributed by atoms with van der Waals surface area (Å²) in [5.74, 6) is -1.59. The number of unbranched alkanes of at least 4 members (excludes halogenated alkanes) is 2. The lowest BCUT2D eigenvalue weighted by Gasteiger charge is -2.22. The van der Waals surface area contributed by atoms with Crippen LogP contribution in [0.25, 0.3) is 0 Å². The maximum absolute atomic E-state index is 13.1. The van der Waals surface area contributed by atoms with Crippen molar-refractivity contribution in [2.24, 2.45) is 0 Å². The van der Waals surface area contributed by atoms with Crippen LogP contribution >= 0.6 is 11.8 Å². The Bertz CT molecular complexity index is 1210. The number of anilines is 1. The molecule has 3 atom stereocenters. The Morgan fingerprint density at radius 2 is 1.59 bits per heavy atom. The van der Waals surface area contributed by atoms with E-state index in [0.717, 1.165) is 57.1 Å². The predicted molar refractivity (Wildman–Crippen MR) is 180 cm³/mol. The Balaban J connectivity index is 1.63. The van der Waals surface area contributed by atoms with Crippen molar-refractivity contribution in [3.05, 3.63) is 84.5 Å². The number of allylic oxidation sites excluding steroid dienone is 10. The molecule has 0 aliphatic carbocycles. The van der Waals surface area contributed by atoms with E-state index in [9.17, 15) is 24.6 Å². The van der Waals surface area contributed by atoms with Crippen LogP contribution < -0.4 is 10.2 Å². The highest BCUT2D eigenvalue weighted by Gasteiger charge is 2.40. The Morgan fingerprint density at radius 1 is 1.00 bits per heavy atom. The van der Waals surface area contributed by atoms with Crippen molar-refractivity contribution < 1.29 is 29.3 Å². The molecule has 1 fully saturated rings. The first-order valence-electron chi connectivity index (χ1n) is 15.4. The fourth-order valence-electron chi connectivity index (χ4n) is 4.69. The van der Waals surface area contributed by atoms with Gasteiger partial charge in [-0.25, -0.2) is 4.79 Å². The van der Waals surface area contributed by atoms with Crippen LogP contribution in [0, 0.1) is 0 Å². The molecule has 1 saturated heterocycles. The maximum Gasteiger partial charge on any atom is 0.339 e. The largest absolute Gasteiger partial charge is 0.507 e. The van der Waals surface area contributed by atoms with Gasteiger partial charge in [-0.3, -0.25) is 9.59 Å². The summed E-state index contributed by atoms with van der Waals surface area (Å²) in [5.41, 5.74) is -0.653. The van der Waals surface area contributed by atoms with Crippen molar-refractivity contribution in [1.82, 2.24) is 5.32 Å². The van der Waals surface area contributed by atoms with E-state index in [0.29, 0.717) is 12.1 Å². The van der Waals surface area contributed by atoms with Crippen LogP contribution in [0.5, 0.6) is 5.75 Å². The number of rotatable bonds is 20. The number of carboxylic acids is 1. The number of hydrogen-bond acceptors (Lipinski definition) is 6. The average Bonchev–Trinajstić information content (AvgIpc) is 3.28. The van der Waals surface area contributed by atoms with Gasteiger partial charge in [0, 0.05) is 18.8 Å². The average molecular weight is 625 g/mol. The lowest BCUT2D eigenvalue weighted by Crippen LogP contribution is -2.45. The van der Waals surface area contributed by atoms with Gasteiger partial charge in [0.15, 0.2) is 5.44 Å². The van der Waals surface area contributed by atoms with E-state index in [1.807, 2.05) is 6.92 Å². The van der Waals surface area contributed by atoms with Crippen LogP contribution in [0.2, 0.25) is 0 Å². The Hall–Kier alpha value is -3.56. The first-order chi connectivity index (χ1) is 21.3. The molecule has 1 aromatic carbocycles. The van der Waals surface area contributed by atoms with Crippen molar-refractivity contribution >= 4 is 35.2 Å². The van der Waals surface area contributed by atoms with Gasteiger partial charge in [-0.05, 0) is 88.7 Å². The number of carboxylic acid groups (broad SMARTS) is 1. The second-order valence-electron chi connectivity index (χ2n) is 10.5. The lowest BCUT2D eigenvalue weighted by molar-refractivity contribution is -0.130. The van der Waals surface area contributed by atoms with E-state index < -0.39 is 17.4 Å². The van der Waals surface area contributed by atoms with E-state index >= 15 is 0 Å². The molecule has 2 rings (SSSR count). The number of hydrogen-bond donors (Lipinski definition) is 3. The summed E-state index contributed by atoms with van der Waals surface area (Å²) in [5, 5.41) is 21.9. The van der Waals surface area contributed by atoms with Gasteiger partial charge < -0.3 is 25.2 Å². The minimum Gasteiger partial charge on any atom is -0.507 e. The summed E-state index contributed by atoms with van der Waals surface area (Å²) in [6, 6.07) is 3.01. The zero-order chi connectivity index (χ0) is 32.2. The molecule has 2 amide bonds. The number of phenols is 1. The Labute approximate surface area is 266 Å². The zero-order valence-corrected chi connectivity index (χ0v) is 27.0. The molecule has 1 aliphatic rings. The summed E-state index contributed by atoms with van der Waals surface area (Å²) in [7, 11) is 1.48. The van der Waals surface area contributed by atoms with Gasteiger partial charge in [0.2, 0.25) is 5.91 Å². The topological polar surface area (TPSA) is 116 Å². The number of carbonyl (C=O) groups excluding carboxylic acids is 2. The maximum atomic E-state index is 13.1. The summed E-state index contributed by atoms with van der Waals surface area (Å²) >= 11 is 1.41. The van der Waals surface area contributed by atoms with Gasteiger partial charge >= 0.3 is 5.97 Å². The number of benzene rings is 1. The fraction of sp³-hybridized carbons (Fsp3) is 0.457. The van der Waals surface area contributed by atoms with E-state index in [1.54, 1.807) is 0 Å². The number of nitrogens with one attached hydrogen (secondary N) is 1. The molecule has 3 N–H and O–H groups in total. The molecule has 0 radical (unpaired) electrons. The fourth-order valence-corrected chi connectivity index (χ4v) is 5.63. The van der Waals surface area contributed by atoms with Gasteiger partial charge in [-0.2, -0.15) is 0 Å². The molecule has 8 nitrogen and oxygen atoms in total. The van der Waals surface area contributed by atoms with Gasteiger partial charge in [0.25, 0.3) is 5.91 Å². The van der Waals surface area contributed by atoms with Crippen LogP contribution in [0.3, 0.4) is 0 Å². The van der Waals surface area contributed by atoms with E-state index in [4.69, 9.17) is 4.74 Å². The zero-order valence-electron chi connectivity index (χ0n) is 26.2. The molecule has 0 spiro atoms. The summed E-state index contributed by atoms with van der Waals surface area (Å²) in [6.45, 7) is 3.97.